The molecule has 188 valence electrons. The minimum Gasteiger partial charge on any atom is -0.310 e. The Balaban J connectivity index is 1.30. The number of hydrogen-bond donors (Lipinski definition) is 0. The molecule has 1 nitrogen and oxygen atoms in total. The minimum absolute atomic E-state index is 1.14. The van der Waals surface area contributed by atoms with Gasteiger partial charge >= 0.3 is 0 Å². The first kappa shape index (κ1) is 23.0. The maximum Gasteiger partial charge on any atom is 0.0540 e. The van der Waals surface area contributed by atoms with Gasteiger partial charge in [0, 0.05) is 36.9 Å². The summed E-state index contributed by atoms with van der Waals surface area (Å²) in [6.45, 7) is 0. The Morgan fingerprint density at radius 1 is 0.425 bits per heavy atom. The number of rotatable bonds is 4. The van der Waals surface area contributed by atoms with Gasteiger partial charge in [-0.3, -0.25) is 0 Å². The van der Waals surface area contributed by atoms with Crippen molar-refractivity contribution in [1.82, 2.24) is 0 Å². The van der Waals surface area contributed by atoms with Gasteiger partial charge in [0.2, 0.25) is 0 Å². The van der Waals surface area contributed by atoms with Crippen molar-refractivity contribution in [3.63, 3.8) is 0 Å². The van der Waals surface area contributed by atoms with Gasteiger partial charge in [0.25, 0.3) is 0 Å². The molecular weight excluding hydrogens is 502 g/mol. The summed E-state index contributed by atoms with van der Waals surface area (Å²) in [7, 11) is 0. The van der Waals surface area contributed by atoms with Crippen molar-refractivity contribution in [3.05, 3.63) is 152 Å². The molecule has 0 aliphatic heterocycles. The van der Waals surface area contributed by atoms with E-state index < -0.39 is 0 Å². The van der Waals surface area contributed by atoms with Gasteiger partial charge in [0.1, 0.15) is 0 Å². The maximum atomic E-state index is 2.39. The van der Waals surface area contributed by atoms with Gasteiger partial charge in [-0.05, 0) is 63.7 Å². The smallest absolute Gasteiger partial charge is 0.0540 e. The molecule has 1 aromatic heterocycles. The van der Waals surface area contributed by atoms with Crippen molar-refractivity contribution in [2.75, 3.05) is 4.90 Å². The molecule has 2 heteroatoms. The van der Waals surface area contributed by atoms with Crippen LogP contribution in [0.4, 0.5) is 17.1 Å². The van der Waals surface area contributed by atoms with Gasteiger partial charge in [-0.15, -0.1) is 11.3 Å². The number of benzene rings is 7. The van der Waals surface area contributed by atoms with E-state index in [0.29, 0.717) is 0 Å². The number of nitrogens with zero attached hydrogens (tertiary/aromatic N) is 1. The van der Waals surface area contributed by atoms with E-state index in [1.54, 1.807) is 0 Å². The Morgan fingerprint density at radius 2 is 1.07 bits per heavy atom. The van der Waals surface area contributed by atoms with Gasteiger partial charge in [-0.2, -0.15) is 0 Å². The minimum atomic E-state index is 1.14. The number of fused-ring (bicyclic) bond motifs is 5. The average Bonchev–Trinajstić information content (AvgIpc) is 3.41. The standard InChI is InChI=1S/C38H25NS/c1-2-11-29-25-31(24-19-26(29)9-1)39(36-17-7-12-27-10-3-4-13-32(27)36)30-22-20-28(21-23-30)33-15-8-16-35-34-14-5-6-18-37(34)40-38(33)35/h1-25H. The zero-order valence-corrected chi connectivity index (χ0v) is 22.6. The molecule has 0 amide bonds. The molecule has 0 unspecified atom stereocenters. The van der Waals surface area contributed by atoms with E-state index in [-0.39, 0.29) is 0 Å². The Kier molecular flexibility index (Phi) is 5.39. The second kappa shape index (κ2) is 9.37. The van der Waals surface area contributed by atoms with E-state index in [9.17, 15) is 0 Å². The molecule has 0 N–H and O–H groups in total. The third-order valence-electron chi connectivity index (χ3n) is 7.84. The van der Waals surface area contributed by atoms with Crippen LogP contribution >= 0.6 is 11.3 Å². The van der Waals surface area contributed by atoms with E-state index in [1.165, 1.54) is 58.5 Å². The lowest BCUT2D eigenvalue weighted by atomic mass is 10.0. The molecule has 0 fully saturated rings. The van der Waals surface area contributed by atoms with Gasteiger partial charge in [0.05, 0.1) is 5.69 Å². The molecule has 0 saturated carbocycles. The van der Waals surface area contributed by atoms with Crippen LogP contribution in [0.15, 0.2) is 152 Å². The molecule has 8 rings (SSSR count). The lowest BCUT2D eigenvalue weighted by molar-refractivity contribution is 1.30. The fourth-order valence-corrected chi connectivity index (χ4v) is 7.15. The average molecular weight is 528 g/mol. The predicted octanol–water partition coefficient (Wildman–Crippen LogP) is 11.5. The highest BCUT2D eigenvalue weighted by atomic mass is 32.1. The molecule has 0 aliphatic rings. The molecule has 0 aliphatic carbocycles. The fourth-order valence-electron chi connectivity index (χ4n) is 5.91. The lowest BCUT2D eigenvalue weighted by Crippen LogP contribution is -2.10. The van der Waals surface area contributed by atoms with E-state index in [0.717, 1.165) is 11.4 Å². The van der Waals surface area contributed by atoms with Crippen LogP contribution in [0.25, 0.3) is 52.8 Å². The third kappa shape index (κ3) is 3.77. The van der Waals surface area contributed by atoms with Gasteiger partial charge < -0.3 is 4.90 Å². The van der Waals surface area contributed by atoms with Crippen molar-refractivity contribution in [1.29, 1.82) is 0 Å². The van der Waals surface area contributed by atoms with Crippen LogP contribution < -0.4 is 4.90 Å². The molecule has 7 aromatic carbocycles. The summed E-state index contributed by atoms with van der Waals surface area (Å²) in [6, 6.07) is 55.0. The molecule has 0 radical (unpaired) electrons. The van der Waals surface area contributed by atoms with Gasteiger partial charge in [0.15, 0.2) is 0 Å². The fraction of sp³-hybridized carbons (Fsp3) is 0. The van der Waals surface area contributed by atoms with Crippen LogP contribution in [0.1, 0.15) is 0 Å². The van der Waals surface area contributed by atoms with Crippen molar-refractivity contribution in [3.8, 4) is 11.1 Å². The topological polar surface area (TPSA) is 3.24 Å². The van der Waals surface area contributed by atoms with Crippen LogP contribution in [-0.4, -0.2) is 0 Å². The van der Waals surface area contributed by atoms with Crippen LogP contribution in [0, 0.1) is 0 Å². The summed E-state index contributed by atoms with van der Waals surface area (Å²) in [5.41, 5.74) is 5.98. The molecule has 0 saturated heterocycles. The number of anilines is 3. The molecule has 0 spiro atoms. The van der Waals surface area contributed by atoms with Crippen LogP contribution in [0.5, 0.6) is 0 Å². The van der Waals surface area contributed by atoms with Crippen molar-refractivity contribution in [2.45, 2.75) is 0 Å². The number of thiophene rings is 1. The third-order valence-corrected chi connectivity index (χ3v) is 9.06. The first-order valence-corrected chi connectivity index (χ1v) is 14.4. The van der Waals surface area contributed by atoms with Crippen molar-refractivity contribution in [2.24, 2.45) is 0 Å². The Bertz CT molecular complexity index is 2170. The van der Waals surface area contributed by atoms with Crippen molar-refractivity contribution >= 4 is 70.1 Å². The summed E-state index contributed by atoms with van der Waals surface area (Å²) < 4.78 is 2.68. The Hall–Kier alpha value is -4.92. The molecular formula is C38H25NS. The summed E-state index contributed by atoms with van der Waals surface area (Å²) in [5, 5.41) is 7.61. The zero-order chi connectivity index (χ0) is 26.5. The zero-order valence-electron chi connectivity index (χ0n) is 21.8. The summed E-state index contributed by atoms with van der Waals surface area (Å²) in [5.74, 6) is 0. The highest BCUT2D eigenvalue weighted by Gasteiger charge is 2.17. The molecule has 0 bridgehead atoms. The first-order chi connectivity index (χ1) is 19.8. The second-order valence-electron chi connectivity index (χ2n) is 10.2. The van der Waals surface area contributed by atoms with E-state index in [1.807, 2.05) is 11.3 Å². The molecule has 0 atom stereocenters. The first-order valence-electron chi connectivity index (χ1n) is 13.6. The summed E-state index contributed by atoms with van der Waals surface area (Å²) in [6.07, 6.45) is 0. The number of hydrogen-bond acceptors (Lipinski definition) is 2. The van der Waals surface area contributed by atoms with E-state index in [2.05, 4.69) is 157 Å². The van der Waals surface area contributed by atoms with Crippen molar-refractivity contribution < 1.29 is 0 Å². The van der Waals surface area contributed by atoms with E-state index in [4.69, 9.17) is 0 Å². The molecule has 40 heavy (non-hydrogen) atoms. The monoisotopic (exact) mass is 527 g/mol. The maximum absolute atomic E-state index is 2.39. The van der Waals surface area contributed by atoms with Crippen LogP contribution in [-0.2, 0) is 0 Å². The Morgan fingerprint density at radius 3 is 1.95 bits per heavy atom. The quantitative estimate of drug-likeness (QED) is 0.220. The lowest BCUT2D eigenvalue weighted by Gasteiger charge is -2.27. The highest BCUT2D eigenvalue weighted by Crippen LogP contribution is 2.43. The van der Waals surface area contributed by atoms with E-state index >= 15 is 0 Å². The second-order valence-corrected chi connectivity index (χ2v) is 11.2. The summed E-state index contributed by atoms with van der Waals surface area (Å²) in [4.78, 5) is 2.39. The highest BCUT2D eigenvalue weighted by molar-refractivity contribution is 7.26. The van der Waals surface area contributed by atoms with Crippen LogP contribution in [0.3, 0.4) is 0 Å². The molecule has 1 heterocycles. The largest absolute Gasteiger partial charge is 0.310 e. The normalized spacial score (nSPS) is 11.5. The van der Waals surface area contributed by atoms with Crippen LogP contribution in [0.2, 0.25) is 0 Å². The predicted molar refractivity (Wildman–Crippen MR) is 174 cm³/mol. The Labute approximate surface area is 237 Å². The SMILES string of the molecule is c1ccc2cc(N(c3ccc(-c4cccc5c4sc4ccccc45)cc3)c3cccc4ccccc34)ccc2c1. The van der Waals surface area contributed by atoms with Gasteiger partial charge in [-0.25, -0.2) is 0 Å². The van der Waals surface area contributed by atoms with Gasteiger partial charge in [-0.1, -0.05) is 115 Å². The summed E-state index contributed by atoms with van der Waals surface area (Å²) >= 11 is 1.88. The molecule has 8 aromatic rings.